The Morgan fingerprint density at radius 2 is 1.95 bits per heavy atom. The predicted molar refractivity (Wildman–Crippen MR) is 88.0 cm³/mol. The van der Waals surface area contributed by atoms with Crippen molar-refractivity contribution in [2.75, 3.05) is 13.6 Å². The molecular weight excluding hydrogens is 318 g/mol. The maximum atomic E-state index is 3.53. The van der Waals surface area contributed by atoms with Gasteiger partial charge >= 0.3 is 0 Å². The second kappa shape index (κ2) is 7.22. The molecule has 1 nitrogen and oxygen atoms in total. The van der Waals surface area contributed by atoms with E-state index < -0.39 is 0 Å². The summed E-state index contributed by atoms with van der Waals surface area (Å²) in [4.78, 5) is 1.46. The first-order chi connectivity index (χ1) is 9.17. The van der Waals surface area contributed by atoms with E-state index in [-0.39, 0.29) is 0 Å². The van der Waals surface area contributed by atoms with Gasteiger partial charge in [-0.3, -0.25) is 0 Å². The van der Waals surface area contributed by atoms with Gasteiger partial charge in [-0.15, -0.1) is 11.3 Å². The highest BCUT2D eigenvalue weighted by molar-refractivity contribution is 9.10. The molecule has 2 rings (SSSR count). The van der Waals surface area contributed by atoms with Gasteiger partial charge in [-0.1, -0.05) is 29.8 Å². The van der Waals surface area contributed by atoms with Crippen LogP contribution in [0.25, 0.3) is 0 Å². The number of hydrogen-bond acceptors (Lipinski definition) is 2. The van der Waals surface area contributed by atoms with Gasteiger partial charge in [-0.2, -0.15) is 0 Å². The summed E-state index contributed by atoms with van der Waals surface area (Å²) in [5, 5.41) is 5.48. The lowest BCUT2D eigenvalue weighted by Gasteiger charge is -2.16. The molecule has 19 heavy (non-hydrogen) atoms. The molecule has 3 heteroatoms. The van der Waals surface area contributed by atoms with Crippen molar-refractivity contribution < 1.29 is 0 Å². The molecule has 102 valence electrons. The van der Waals surface area contributed by atoms with Crippen LogP contribution in [0.2, 0.25) is 0 Å². The number of thiophene rings is 1. The Morgan fingerprint density at radius 1 is 1.21 bits per heavy atom. The fourth-order valence-corrected chi connectivity index (χ4v) is 3.88. The molecule has 1 aromatic carbocycles. The van der Waals surface area contributed by atoms with Crippen LogP contribution in [0, 0.1) is 12.8 Å². The maximum Gasteiger partial charge on any atom is 0.0285 e. The lowest BCUT2D eigenvalue weighted by Crippen LogP contribution is -2.22. The first-order valence-corrected chi connectivity index (χ1v) is 8.27. The average Bonchev–Trinajstić information content (AvgIpc) is 2.78. The summed E-state index contributed by atoms with van der Waals surface area (Å²) in [7, 11) is 2.03. The summed E-state index contributed by atoms with van der Waals surface area (Å²) < 4.78 is 1.20. The number of hydrogen-bond donors (Lipinski definition) is 1. The minimum Gasteiger partial charge on any atom is -0.319 e. The molecular formula is C16H20BrNS. The fraction of sp³-hybridized carbons (Fsp3) is 0.375. The van der Waals surface area contributed by atoms with Crippen LogP contribution in [0.4, 0.5) is 0 Å². The van der Waals surface area contributed by atoms with Crippen molar-refractivity contribution >= 4 is 27.3 Å². The molecule has 1 aromatic heterocycles. The van der Waals surface area contributed by atoms with Gasteiger partial charge in [-0.25, -0.2) is 0 Å². The molecule has 1 heterocycles. The molecule has 1 unspecified atom stereocenters. The van der Waals surface area contributed by atoms with Crippen LogP contribution in [0.5, 0.6) is 0 Å². The monoisotopic (exact) mass is 337 g/mol. The third kappa shape index (κ3) is 4.75. The second-order valence-corrected chi connectivity index (χ2v) is 6.96. The van der Waals surface area contributed by atoms with Gasteiger partial charge < -0.3 is 5.32 Å². The maximum absolute atomic E-state index is 3.53. The lowest BCUT2D eigenvalue weighted by atomic mass is 9.95. The van der Waals surface area contributed by atoms with Crippen molar-refractivity contribution in [1.82, 2.24) is 5.32 Å². The topological polar surface area (TPSA) is 12.0 Å². The Bertz CT molecular complexity index is 504. The SMILES string of the molecule is CNCC(Cc1ccc(C)cc1)Cc1cc(Br)cs1. The van der Waals surface area contributed by atoms with Crippen LogP contribution in [0.3, 0.4) is 0 Å². The van der Waals surface area contributed by atoms with Crippen LogP contribution in [-0.4, -0.2) is 13.6 Å². The predicted octanol–water partition coefficient (Wildman–Crippen LogP) is 4.44. The Labute approximate surface area is 128 Å². The van der Waals surface area contributed by atoms with Gasteiger partial charge in [0.25, 0.3) is 0 Å². The van der Waals surface area contributed by atoms with E-state index in [1.807, 2.05) is 18.4 Å². The Kier molecular flexibility index (Phi) is 5.61. The molecule has 0 amide bonds. The Morgan fingerprint density at radius 3 is 2.53 bits per heavy atom. The van der Waals surface area contributed by atoms with Crippen molar-refractivity contribution in [3.8, 4) is 0 Å². The van der Waals surface area contributed by atoms with Crippen LogP contribution in [0.15, 0.2) is 40.2 Å². The van der Waals surface area contributed by atoms with E-state index >= 15 is 0 Å². The quantitative estimate of drug-likeness (QED) is 0.821. The molecule has 0 bridgehead atoms. The molecule has 2 aromatic rings. The zero-order chi connectivity index (χ0) is 13.7. The number of rotatable bonds is 6. The van der Waals surface area contributed by atoms with Gasteiger partial charge in [0.1, 0.15) is 0 Å². The molecule has 0 saturated heterocycles. The number of benzene rings is 1. The number of aryl methyl sites for hydroxylation is 1. The summed E-state index contributed by atoms with van der Waals surface area (Å²) in [5.41, 5.74) is 2.76. The van der Waals surface area contributed by atoms with E-state index in [1.165, 1.54) is 20.5 Å². The Balaban J connectivity index is 2.01. The van der Waals surface area contributed by atoms with Gasteiger partial charge in [0, 0.05) is 14.7 Å². The van der Waals surface area contributed by atoms with Crippen molar-refractivity contribution in [2.45, 2.75) is 19.8 Å². The molecule has 0 fully saturated rings. The smallest absolute Gasteiger partial charge is 0.0285 e. The van der Waals surface area contributed by atoms with Gasteiger partial charge in [0.15, 0.2) is 0 Å². The minimum atomic E-state index is 0.651. The van der Waals surface area contributed by atoms with E-state index in [9.17, 15) is 0 Å². The van der Waals surface area contributed by atoms with E-state index in [0.29, 0.717) is 5.92 Å². The highest BCUT2D eigenvalue weighted by Gasteiger charge is 2.11. The zero-order valence-corrected chi connectivity index (χ0v) is 13.9. The third-order valence-electron chi connectivity index (χ3n) is 3.25. The molecule has 0 aliphatic rings. The normalized spacial score (nSPS) is 12.6. The van der Waals surface area contributed by atoms with Crippen molar-refractivity contribution in [1.29, 1.82) is 0 Å². The van der Waals surface area contributed by atoms with E-state index in [1.54, 1.807) is 0 Å². The average molecular weight is 338 g/mol. The second-order valence-electron chi connectivity index (χ2n) is 5.05. The Hall–Kier alpha value is -0.640. The van der Waals surface area contributed by atoms with Crippen LogP contribution in [0.1, 0.15) is 16.0 Å². The summed E-state index contributed by atoms with van der Waals surface area (Å²) in [6, 6.07) is 11.1. The van der Waals surface area contributed by atoms with E-state index in [2.05, 4.69) is 63.9 Å². The minimum absolute atomic E-state index is 0.651. The molecule has 0 aliphatic carbocycles. The van der Waals surface area contributed by atoms with E-state index in [4.69, 9.17) is 0 Å². The van der Waals surface area contributed by atoms with E-state index in [0.717, 1.165) is 19.4 Å². The van der Waals surface area contributed by atoms with Crippen LogP contribution >= 0.6 is 27.3 Å². The van der Waals surface area contributed by atoms with Gasteiger partial charge in [0.2, 0.25) is 0 Å². The first-order valence-electron chi connectivity index (χ1n) is 6.60. The molecule has 1 atom stereocenters. The zero-order valence-electron chi connectivity index (χ0n) is 11.4. The highest BCUT2D eigenvalue weighted by Crippen LogP contribution is 2.23. The number of halogens is 1. The summed E-state index contributed by atoms with van der Waals surface area (Å²) in [6.45, 7) is 3.20. The van der Waals surface area contributed by atoms with Crippen LogP contribution in [-0.2, 0) is 12.8 Å². The molecule has 0 saturated carbocycles. The first kappa shape index (κ1) is 14.8. The van der Waals surface area contributed by atoms with Crippen molar-refractivity contribution in [3.05, 3.63) is 56.2 Å². The van der Waals surface area contributed by atoms with Crippen LogP contribution < -0.4 is 5.32 Å². The summed E-state index contributed by atoms with van der Waals surface area (Å²) >= 11 is 5.37. The van der Waals surface area contributed by atoms with Gasteiger partial charge in [0.05, 0.1) is 0 Å². The molecule has 1 N–H and O–H groups in total. The number of nitrogens with one attached hydrogen (secondary N) is 1. The third-order valence-corrected chi connectivity index (χ3v) is 4.97. The fourth-order valence-electron chi connectivity index (χ4n) is 2.31. The highest BCUT2D eigenvalue weighted by atomic mass is 79.9. The van der Waals surface area contributed by atoms with Crippen molar-refractivity contribution in [3.63, 3.8) is 0 Å². The van der Waals surface area contributed by atoms with Gasteiger partial charge in [-0.05, 0) is 66.8 Å². The summed E-state index contributed by atoms with van der Waals surface area (Å²) in [5.74, 6) is 0.651. The largest absolute Gasteiger partial charge is 0.319 e. The standard InChI is InChI=1S/C16H20BrNS/c1-12-3-5-13(6-4-12)7-14(10-18-2)8-16-9-15(17)11-19-16/h3-6,9,11,14,18H,7-8,10H2,1-2H3. The lowest BCUT2D eigenvalue weighted by molar-refractivity contribution is 0.496. The molecule has 0 radical (unpaired) electrons. The van der Waals surface area contributed by atoms with Crippen molar-refractivity contribution in [2.24, 2.45) is 5.92 Å². The molecule has 0 spiro atoms. The molecule has 0 aliphatic heterocycles. The summed E-state index contributed by atoms with van der Waals surface area (Å²) in [6.07, 6.45) is 2.28.